The van der Waals surface area contributed by atoms with Crippen molar-refractivity contribution in [2.75, 3.05) is 7.11 Å². The predicted molar refractivity (Wildman–Crippen MR) is 112 cm³/mol. The summed E-state index contributed by atoms with van der Waals surface area (Å²) >= 11 is 6.30. The lowest BCUT2D eigenvalue weighted by Crippen LogP contribution is -2.19. The lowest BCUT2D eigenvalue weighted by atomic mass is 9.73. The van der Waals surface area contributed by atoms with Gasteiger partial charge in [-0.1, -0.05) is 45.2 Å². The largest absolute Gasteiger partial charge is 0.497 e. The third-order valence-corrected chi connectivity index (χ3v) is 7.08. The van der Waals surface area contributed by atoms with Gasteiger partial charge in [0.15, 0.2) is 0 Å². The maximum atomic E-state index is 8.36. The van der Waals surface area contributed by atoms with Crippen LogP contribution in [0.4, 0.5) is 0 Å². The Bertz CT molecular complexity index is 673. The van der Waals surface area contributed by atoms with Crippen LogP contribution in [0.3, 0.4) is 0 Å². The molecule has 1 heterocycles. The van der Waals surface area contributed by atoms with Crippen LogP contribution >= 0.6 is 24.6 Å². The monoisotopic (exact) mass is 395 g/mol. The summed E-state index contributed by atoms with van der Waals surface area (Å²) in [4.78, 5) is 10.0. The second kappa shape index (κ2) is 9.20. The molecule has 26 heavy (non-hydrogen) atoms. The van der Waals surface area contributed by atoms with Gasteiger partial charge in [-0.25, -0.2) is 0 Å². The molecule has 2 atom stereocenters. The summed E-state index contributed by atoms with van der Waals surface area (Å²) in [5.74, 6) is 1.53. The van der Waals surface area contributed by atoms with Crippen LogP contribution in [0.1, 0.15) is 56.4 Å². The normalized spacial score (nSPS) is 23.7. The summed E-state index contributed by atoms with van der Waals surface area (Å²) in [6.45, 7) is 7.73. The number of allylic oxidation sites excluding steroid dienone is 2. The van der Waals surface area contributed by atoms with Crippen LogP contribution < -0.4 is 9.46 Å². The zero-order chi connectivity index (χ0) is 19.3. The van der Waals surface area contributed by atoms with Crippen molar-refractivity contribution in [2.45, 2.75) is 51.8 Å². The maximum absolute atomic E-state index is 8.36. The highest BCUT2D eigenvalue weighted by Gasteiger charge is 2.39. The molecule has 1 aromatic rings. The average molecular weight is 396 g/mol. The van der Waals surface area contributed by atoms with E-state index in [1.165, 1.54) is 30.4 Å². The molecule has 0 spiro atoms. The molecule has 1 aromatic carbocycles. The fourth-order valence-corrected chi connectivity index (χ4v) is 5.69. The summed E-state index contributed by atoms with van der Waals surface area (Å²) < 4.78 is 8.40. The van der Waals surface area contributed by atoms with Crippen LogP contribution in [0.25, 0.3) is 0 Å². The Labute approximate surface area is 166 Å². The minimum Gasteiger partial charge on any atom is -0.497 e. The summed E-state index contributed by atoms with van der Waals surface area (Å²) in [5.41, 5.74) is 4.88. The van der Waals surface area contributed by atoms with E-state index in [1.54, 1.807) is 17.6 Å². The van der Waals surface area contributed by atoms with Crippen molar-refractivity contribution in [3.63, 3.8) is 0 Å². The first-order chi connectivity index (χ1) is 12.4. The van der Waals surface area contributed by atoms with Crippen molar-refractivity contribution in [1.82, 2.24) is 4.72 Å². The summed E-state index contributed by atoms with van der Waals surface area (Å²) in [7, 11) is 1.72. The number of carbonyl (C=O) groups is 1. The number of thiol groups is 1. The molecule has 144 valence electrons. The first-order valence-electron chi connectivity index (χ1n) is 8.87. The van der Waals surface area contributed by atoms with E-state index >= 15 is 0 Å². The topological polar surface area (TPSA) is 58.6 Å². The standard InChI is InChI=1S/C19H27NOS2.CH2O2/c1-12-16-10-19(2,3)8-7-17(16)23-18(12)15-6-5-14(21-4)9-13(15)11-20-22;2-1-3/h5-6,9,12,18,20,22H,7-8,10-11H2,1-4H3;1H,(H,2,3). The van der Waals surface area contributed by atoms with Crippen LogP contribution in [-0.4, -0.2) is 18.7 Å². The number of hydrogen-bond donors (Lipinski definition) is 3. The lowest BCUT2D eigenvalue weighted by molar-refractivity contribution is -0.122. The van der Waals surface area contributed by atoms with E-state index in [9.17, 15) is 0 Å². The molecule has 2 unspecified atom stereocenters. The van der Waals surface area contributed by atoms with Gasteiger partial charge >= 0.3 is 0 Å². The third kappa shape index (κ3) is 4.78. The molecule has 0 fully saturated rings. The van der Waals surface area contributed by atoms with Crippen LogP contribution in [0.15, 0.2) is 28.7 Å². The molecule has 0 saturated carbocycles. The van der Waals surface area contributed by atoms with Gasteiger partial charge in [0.05, 0.1) is 7.11 Å². The molecule has 2 N–H and O–H groups in total. The number of thioether (sulfide) groups is 1. The molecular formula is C20H29NO3S2. The van der Waals surface area contributed by atoms with Gasteiger partial charge in [0.2, 0.25) is 0 Å². The van der Waals surface area contributed by atoms with Gasteiger partial charge < -0.3 is 9.84 Å². The highest BCUT2D eigenvalue weighted by Crippen LogP contribution is 2.59. The number of hydrogen-bond acceptors (Lipinski definition) is 5. The van der Waals surface area contributed by atoms with Crippen molar-refractivity contribution < 1.29 is 14.6 Å². The van der Waals surface area contributed by atoms with E-state index < -0.39 is 0 Å². The summed E-state index contributed by atoms with van der Waals surface area (Å²) in [6, 6.07) is 6.48. The number of nitrogens with one attached hydrogen (secondary N) is 1. The van der Waals surface area contributed by atoms with E-state index in [0.717, 1.165) is 12.3 Å². The van der Waals surface area contributed by atoms with Crippen LogP contribution in [0, 0.1) is 11.3 Å². The van der Waals surface area contributed by atoms with Crippen LogP contribution in [0.2, 0.25) is 0 Å². The van der Waals surface area contributed by atoms with Gasteiger partial charge in [-0.15, -0.1) is 11.8 Å². The maximum Gasteiger partial charge on any atom is 0.290 e. The first kappa shape index (κ1) is 21.2. The average Bonchev–Trinajstić information content (AvgIpc) is 2.91. The van der Waals surface area contributed by atoms with Gasteiger partial charge in [-0.05, 0) is 58.8 Å². The van der Waals surface area contributed by atoms with Gasteiger partial charge in [-0.3, -0.25) is 9.52 Å². The Morgan fingerprint density at radius 3 is 2.77 bits per heavy atom. The van der Waals surface area contributed by atoms with E-state index in [4.69, 9.17) is 14.6 Å². The van der Waals surface area contributed by atoms with Crippen molar-refractivity contribution in [3.05, 3.63) is 39.8 Å². The summed E-state index contributed by atoms with van der Waals surface area (Å²) in [5, 5.41) is 7.41. The molecule has 1 aliphatic heterocycles. The Balaban J connectivity index is 0.000000758. The molecule has 3 rings (SSSR count). The van der Waals surface area contributed by atoms with E-state index in [2.05, 4.69) is 68.3 Å². The van der Waals surface area contributed by atoms with Crippen LogP contribution in [-0.2, 0) is 11.3 Å². The molecule has 0 radical (unpaired) electrons. The number of methoxy groups -OCH3 is 1. The third-order valence-electron chi connectivity index (χ3n) is 5.26. The quantitative estimate of drug-likeness (QED) is 0.482. The predicted octanol–water partition coefficient (Wildman–Crippen LogP) is 5.22. The highest BCUT2D eigenvalue weighted by molar-refractivity contribution is 8.03. The Kier molecular flexibility index (Phi) is 7.50. The van der Waals surface area contributed by atoms with Gasteiger partial charge in [-0.2, -0.15) is 0 Å². The smallest absolute Gasteiger partial charge is 0.290 e. The SMILES string of the molecule is COc1ccc(C2SC3=C(CC(C)(C)CC3)C2C)c(CNS)c1.O=CO. The van der Waals surface area contributed by atoms with E-state index in [1.807, 2.05) is 0 Å². The minimum absolute atomic E-state index is 0.250. The fourth-order valence-electron chi connectivity index (χ4n) is 3.86. The molecular weight excluding hydrogens is 366 g/mol. The summed E-state index contributed by atoms with van der Waals surface area (Å²) in [6.07, 6.45) is 3.82. The minimum atomic E-state index is -0.250. The number of rotatable bonds is 4. The van der Waals surface area contributed by atoms with Crippen molar-refractivity contribution in [1.29, 1.82) is 0 Å². The highest BCUT2D eigenvalue weighted by atomic mass is 32.2. The molecule has 0 saturated heterocycles. The Hall–Kier alpha value is -1.11. The first-order valence-corrected chi connectivity index (χ1v) is 10.2. The number of benzene rings is 1. The number of carboxylic acid groups (broad SMARTS) is 1. The van der Waals surface area contributed by atoms with Crippen molar-refractivity contribution >= 4 is 31.0 Å². The second-order valence-electron chi connectivity index (χ2n) is 7.62. The fraction of sp³-hybridized carbons (Fsp3) is 0.550. The van der Waals surface area contributed by atoms with E-state index in [-0.39, 0.29) is 6.47 Å². The molecule has 6 heteroatoms. The molecule has 2 aliphatic rings. The molecule has 0 aromatic heterocycles. The van der Waals surface area contributed by atoms with Gasteiger partial charge in [0.1, 0.15) is 5.75 Å². The number of ether oxygens (including phenoxy) is 1. The zero-order valence-corrected chi connectivity index (χ0v) is 17.6. The molecule has 0 amide bonds. The van der Waals surface area contributed by atoms with Gasteiger partial charge in [0, 0.05) is 11.8 Å². The Morgan fingerprint density at radius 2 is 2.15 bits per heavy atom. The van der Waals surface area contributed by atoms with Crippen molar-refractivity contribution in [3.8, 4) is 5.75 Å². The second-order valence-corrected chi connectivity index (χ2v) is 9.17. The van der Waals surface area contributed by atoms with Crippen molar-refractivity contribution in [2.24, 2.45) is 11.3 Å². The zero-order valence-electron chi connectivity index (χ0n) is 15.9. The lowest BCUT2D eigenvalue weighted by Gasteiger charge is -2.32. The van der Waals surface area contributed by atoms with Crippen LogP contribution in [0.5, 0.6) is 5.75 Å². The Morgan fingerprint density at radius 1 is 1.46 bits per heavy atom. The van der Waals surface area contributed by atoms with Gasteiger partial charge in [0.25, 0.3) is 6.47 Å². The molecule has 0 bridgehead atoms. The molecule has 1 aliphatic carbocycles. The molecule has 4 nitrogen and oxygen atoms in total. The van der Waals surface area contributed by atoms with E-state index in [0.29, 0.717) is 16.6 Å².